The van der Waals surface area contributed by atoms with Crippen molar-refractivity contribution >= 4 is 5.91 Å². The van der Waals surface area contributed by atoms with Crippen molar-refractivity contribution in [3.8, 4) is 5.75 Å². The SMILES string of the molecule is CN(CC1CCCCO1)C(=O)[C@H](N)Cc1ccc(O)cc1. The van der Waals surface area contributed by atoms with E-state index in [1.165, 1.54) is 0 Å². The average molecular weight is 292 g/mol. The first-order valence-electron chi connectivity index (χ1n) is 7.46. The molecule has 1 heterocycles. The maximum absolute atomic E-state index is 12.3. The fourth-order valence-electron chi connectivity index (χ4n) is 2.60. The van der Waals surface area contributed by atoms with Crippen LogP contribution in [0.3, 0.4) is 0 Å². The van der Waals surface area contributed by atoms with Gasteiger partial charge in [-0.3, -0.25) is 4.79 Å². The number of ether oxygens (including phenoxy) is 1. The molecular formula is C16H24N2O3. The quantitative estimate of drug-likeness (QED) is 0.857. The van der Waals surface area contributed by atoms with Gasteiger partial charge in [-0.1, -0.05) is 12.1 Å². The second kappa shape index (κ2) is 7.43. The second-order valence-electron chi connectivity index (χ2n) is 5.68. The number of aromatic hydroxyl groups is 1. The molecule has 0 saturated carbocycles. The van der Waals surface area contributed by atoms with Crippen molar-refractivity contribution in [2.45, 2.75) is 37.8 Å². The van der Waals surface area contributed by atoms with E-state index in [4.69, 9.17) is 10.5 Å². The first kappa shape index (κ1) is 15.8. The van der Waals surface area contributed by atoms with Gasteiger partial charge in [0, 0.05) is 20.2 Å². The highest BCUT2D eigenvalue weighted by Crippen LogP contribution is 2.15. The maximum Gasteiger partial charge on any atom is 0.239 e. The minimum atomic E-state index is -0.567. The Kier molecular flexibility index (Phi) is 5.59. The monoisotopic (exact) mass is 292 g/mol. The standard InChI is InChI=1S/C16H24N2O3/c1-18(11-14-4-2-3-9-21-14)16(20)15(17)10-12-5-7-13(19)8-6-12/h5-8,14-15,19H,2-4,9-11,17H2,1H3/t14?,15-/m1/s1. The van der Waals surface area contributed by atoms with Gasteiger partial charge in [0.15, 0.2) is 0 Å². The Morgan fingerprint density at radius 3 is 2.76 bits per heavy atom. The van der Waals surface area contributed by atoms with Gasteiger partial charge in [-0.2, -0.15) is 0 Å². The van der Waals surface area contributed by atoms with Gasteiger partial charge in [-0.25, -0.2) is 0 Å². The molecule has 1 fully saturated rings. The molecule has 5 heteroatoms. The van der Waals surface area contributed by atoms with E-state index in [2.05, 4.69) is 0 Å². The third-order valence-corrected chi connectivity index (χ3v) is 3.84. The lowest BCUT2D eigenvalue weighted by Crippen LogP contribution is -2.46. The summed E-state index contributed by atoms with van der Waals surface area (Å²) in [7, 11) is 1.77. The number of amides is 1. The summed E-state index contributed by atoms with van der Waals surface area (Å²) >= 11 is 0. The molecule has 1 aromatic carbocycles. The lowest BCUT2D eigenvalue weighted by Gasteiger charge is -2.29. The Morgan fingerprint density at radius 2 is 2.14 bits per heavy atom. The van der Waals surface area contributed by atoms with Crippen LogP contribution in [0.5, 0.6) is 5.75 Å². The number of carbonyl (C=O) groups is 1. The van der Waals surface area contributed by atoms with Crippen LogP contribution in [0, 0.1) is 0 Å². The van der Waals surface area contributed by atoms with E-state index in [-0.39, 0.29) is 17.8 Å². The predicted molar refractivity (Wildman–Crippen MR) is 81.0 cm³/mol. The molecule has 21 heavy (non-hydrogen) atoms. The van der Waals surface area contributed by atoms with Gasteiger partial charge >= 0.3 is 0 Å². The van der Waals surface area contributed by atoms with Crippen LogP contribution in [0.25, 0.3) is 0 Å². The third-order valence-electron chi connectivity index (χ3n) is 3.84. The Bertz CT molecular complexity index is 455. The van der Waals surface area contributed by atoms with E-state index >= 15 is 0 Å². The van der Waals surface area contributed by atoms with E-state index in [0.717, 1.165) is 31.4 Å². The molecule has 1 amide bonds. The van der Waals surface area contributed by atoms with Crippen LogP contribution < -0.4 is 5.73 Å². The Hall–Kier alpha value is -1.59. The molecule has 1 saturated heterocycles. The van der Waals surface area contributed by atoms with Gasteiger partial charge in [0.2, 0.25) is 5.91 Å². The summed E-state index contributed by atoms with van der Waals surface area (Å²) in [5, 5.41) is 9.25. The van der Waals surface area contributed by atoms with E-state index in [0.29, 0.717) is 13.0 Å². The molecule has 1 aliphatic heterocycles. The van der Waals surface area contributed by atoms with Gasteiger partial charge in [-0.05, 0) is 43.4 Å². The zero-order valence-corrected chi connectivity index (χ0v) is 12.5. The number of rotatable bonds is 5. The summed E-state index contributed by atoms with van der Waals surface area (Å²) in [6.45, 7) is 1.38. The largest absolute Gasteiger partial charge is 0.508 e. The van der Waals surface area contributed by atoms with Gasteiger partial charge in [0.25, 0.3) is 0 Å². The van der Waals surface area contributed by atoms with Crippen LogP contribution in [0.1, 0.15) is 24.8 Å². The van der Waals surface area contributed by atoms with Crippen LogP contribution in [0.2, 0.25) is 0 Å². The van der Waals surface area contributed by atoms with E-state index in [1.54, 1.807) is 36.2 Å². The van der Waals surface area contributed by atoms with Crippen molar-refractivity contribution in [1.82, 2.24) is 4.90 Å². The molecule has 5 nitrogen and oxygen atoms in total. The lowest BCUT2D eigenvalue weighted by molar-refractivity contribution is -0.133. The lowest BCUT2D eigenvalue weighted by atomic mass is 10.0. The topological polar surface area (TPSA) is 75.8 Å². The number of carbonyl (C=O) groups excluding carboxylic acids is 1. The van der Waals surface area contributed by atoms with Gasteiger partial charge in [-0.15, -0.1) is 0 Å². The molecule has 0 bridgehead atoms. The van der Waals surface area contributed by atoms with Gasteiger partial charge in [0.05, 0.1) is 12.1 Å². The van der Waals surface area contributed by atoms with Gasteiger partial charge in [0.1, 0.15) is 5.75 Å². The van der Waals surface area contributed by atoms with Crippen LogP contribution in [-0.2, 0) is 16.0 Å². The van der Waals surface area contributed by atoms with E-state index in [9.17, 15) is 9.90 Å². The predicted octanol–water partition coefficient (Wildman–Crippen LogP) is 1.29. The maximum atomic E-state index is 12.3. The van der Waals surface area contributed by atoms with Crippen LogP contribution >= 0.6 is 0 Å². The summed E-state index contributed by atoms with van der Waals surface area (Å²) in [6.07, 6.45) is 3.87. The highest BCUT2D eigenvalue weighted by atomic mass is 16.5. The number of hydrogen-bond donors (Lipinski definition) is 2. The number of benzene rings is 1. The Labute approximate surface area is 125 Å². The molecule has 1 aromatic rings. The van der Waals surface area contributed by atoms with Crippen LogP contribution in [0.15, 0.2) is 24.3 Å². The van der Waals surface area contributed by atoms with Crippen LogP contribution in [0.4, 0.5) is 0 Å². The second-order valence-corrected chi connectivity index (χ2v) is 5.68. The molecule has 0 aromatic heterocycles. The minimum Gasteiger partial charge on any atom is -0.508 e. The zero-order valence-electron chi connectivity index (χ0n) is 12.5. The molecule has 3 N–H and O–H groups in total. The Balaban J connectivity index is 1.84. The van der Waals surface area contributed by atoms with E-state index < -0.39 is 6.04 Å². The molecule has 2 atom stereocenters. The highest BCUT2D eigenvalue weighted by Gasteiger charge is 2.22. The molecule has 2 rings (SSSR count). The summed E-state index contributed by atoms with van der Waals surface area (Å²) in [5.74, 6) is 0.141. The first-order chi connectivity index (χ1) is 10.1. The van der Waals surface area contributed by atoms with Crippen LogP contribution in [-0.4, -0.2) is 48.3 Å². The normalized spacial score (nSPS) is 20.0. The first-order valence-corrected chi connectivity index (χ1v) is 7.46. The van der Waals surface area contributed by atoms with Gasteiger partial charge < -0.3 is 20.5 Å². The number of hydrogen-bond acceptors (Lipinski definition) is 4. The fourth-order valence-corrected chi connectivity index (χ4v) is 2.60. The van der Waals surface area contributed by atoms with E-state index in [1.807, 2.05) is 0 Å². The molecule has 116 valence electrons. The molecule has 0 radical (unpaired) electrons. The summed E-state index contributed by atoms with van der Waals surface area (Å²) in [4.78, 5) is 14.0. The van der Waals surface area contributed by atoms with Crippen molar-refractivity contribution in [3.63, 3.8) is 0 Å². The summed E-state index contributed by atoms with van der Waals surface area (Å²) in [6, 6.07) is 6.21. The summed E-state index contributed by atoms with van der Waals surface area (Å²) < 4.78 is 5.65. The van der Waals surface area contributed by atoms with Crippen molar-refractivity contribution in [1.29, 1.82) is 0 Å². The molecular weight excluding hydrogens is 268 g/mol. The summed E-state index contributed by atoms with van der Waals surface area (Å²) in [5.41, 5.74) is 6.94. The number of phenols is 1. The number of phenolic OH excluding ortho intramolecular Hbond substituents is 1. The van der Waals surface area contributed by atoms with Crippen molar-refractivity contribution in [2.75, 3.05) is 20.2 Å². The minimum absolute atomic E-state index is 0.0720. The fraction of sp³-hybridized carbons (Fsp3) is 0.562. The average Bonchev–Trinajstić information content (AvgIpc) is 2.49. The van der Waals surface area contributed by atoms with Crippen molar-refractivity contribution < 1.29 is 14.6 Å². The number of likely N-dealkylation sites (N-methyl/N-ethyl adjacent to an activating group) is 1. The smallest absolute Gasteiger partial charge is 0.239 e. The molecule has 0 spiro atoms. The highest BCUT2D eigenvalue weighted by molar-refractivity contribution is 5.81. The molecule has 1 unspecified atom stereocenters. The molecule has 0 aliphatic carbocycles. The van der Waals surface area contributed by atoms with Crippen molar-refractivity contribution in [3.05, 3.63) is 29.8 Å². The van der Waals surface area contributed by atoms with Crippen molar-refractivity contribution in [2.24, 2.45) is 5.73 Å². The number of nitrogens with two attached hydrogens (primary N) is 1. The third kappa shape index (κ3) is 4.72. The Morgan fingerprint density at radius 1 is 1.43 bits per heavy atom. The zero-order chi connectivity index (χ0) is 15.2. The molecule has 1 aliphatic rings. The number of nitrogens with zero attached hydrogens (tertiary/aromatic N) is 1.